The minimum atomic E-state index is -0.634. The summed E-state index contributed by atoms with van der Waals surface area (Å²) in [5, 5.41) is 0.941. The third-order valence-corrected chi connectivity index (χ3v) is 5.68. The highest BCUT2D eigenvalue weighted by atomic mass is 16.5. The molecule has 0 spiro atoms. The van der Waals surface area contributed by atoms with Crippen LogP contribution in [0.3, 0.4) is 0 Å². The first-order valence-electron chi connectivity index (χ1n) is 10.1. The quantitative estimate of drug-likeness (QED) is 0.634. The van der Waals surface area contributed by atoms with Crippen molar-refractivity contribution in [2.75, 3.05) is 20.1 Å². The van der Waals surface area contributed by atoms with Crippen LogP contribution in [-0.4, -0.2) is 53.9 Å². The maximum atomic E-state index is 12.9. The second-order valence-electron chi connectivity index (χ2n) is 7.87. The molecule has 0 aliphatic carbocycles. The number of nitrogens with zero attached hydrogens (tertiary/aromatic N) is 2. The Morgan fingerprint density at radius 1 is 1.10 bits per heavy atom. The zero-order chi connectivity index (χ0) is 22.1. The van der Waals surface area contributed by atoms with Gasteiger partial charge >= 0.3 is 5.63 Å². The number of likely N-dealkylation sites (N-methyl/N-ethyl adjacent to an activating group) is 1. The van der Waals surface area contributed by atoms with Gasteiger partial charge in [0, 0.05) is 25.5 Å². The van der Waals surface area contributed by atoms with Crippen LogP contribution < -0.4 is 10.4 Å². The van der Waals surface area contributed by atoms with Crippen LogP contribution in [0.25, 0.3) is 10.8 Å². The Labute approximate surface area is 179 Å². The molecule has 0 saturated carbocycles. The normalized spacial score (nSPS) is 14.7. The molecule has 2 amide bonds. The SMILES string of the molecule is Cc1ccc(OC(C)C(=O)N(C)C2CN(C(=O)c3coc(=O)c4ccccc34)C2)cc1. The van der Waals surface area contributed by atoms with Gasteiger partial charge in [0.25, 0.3) is 11.8 Å². The van der Waals surface area contributed by atoms with Gasteiger partial charge in [-0.05, 0) is 32.0 Å². The molecule has 0 radical (unpaired) electrons. The minimum Gasteiger partial charge on any atom is -0.481 e. The van der Waals surface area contributed by atoms with Crippen LogP contribution in [0.2, 0.25) is 0 Å². The molecule has 7 nitrogen and oxygen atoms in total. The van der Waals surface area contributed by atoms with Crippen LogP contribution in [-0.2, 0) is 4.79 Å². The van der Waals surface area contributed by atoms with Gasteiger partial charge in [-0.1, -0.05) is 35.9 Å². The van der Waals surface area contributed by atoms with Crippen LogP contribution in [0.1, 0.15) is 22.8 Å². The van der Waals surface area contributed by atoms with Gasteiger partial charge < -0.3 is 19.0 Å². The number of hydrogen-bond acceptors (Lipinski definition) is 5. The number of fused-ring (bicyclic) bond motifs is 1. The second-order valence-corrected chi connectivity index (χ2v) is 7.87. The molecule has 2 heterocycles. The fourth-order valence-electron chi connectivity index (χ4n) is 3.68. The zero-order valence-corrected chi connectivity index (χ0v) is 17.7. The number of carbonyl (C=O) groups is 2. The first kappa shape index (κ1) is 20.7. The Kier molecular flexibility index (Phi) is 5.50. The number of benzene rings is 2. The van der Waals surface area contributed by atoms with Crippen molar-refractivity contribution in [1.29, 1.82) is 0 Å². The van der Waals surface area contributed by atoms with E-state index in [1.165, 1.54) is 6.26 Å². The number of hydrogen-bond donors (Lipinski definition) is 0. The van der Waals surface area contributed by atoms with Gasteiger partial charge in [-0.2, -0.15) is 0 Å². The molecular formula is C24H24N2O5. The smallest absolute Gasteiger partial charge is 0.343 e. The molecule has 4 rings (SSSR count). The lowest BCUT2D eigenvalue weighted by atomic mass is 10.0. The topological polar surface area (TPSA) is 80.1 Å². The van der Waals surface area contributed by atoms with E-state index in [0.29, 0.717) is 35.2 Å². The average molecular weight is 420 g/mol. The second kappa shape index (κ2) is 8.26. The van der Waals surface area contributed by atoms with Crippen molar-refractivity contribution in [1.82, 2.24) is 9.80 Å². The monoisotopic (exact) mass is 420 g/mol. The summed E-state index contributed by atoms with van der Waals surface area (Å²) in [7, 11) is 1.72. The molecule has 2 aromatic carbocycles. The highest BCUT2D eigenvalue weighted by molar-refractivity contribution is 6.06. The summed E-state index contributed by atoms with van der Waals surface area (Å²) >= 11 is 0. The molecule has 3 aromatic rings. The van der Waals surface area contributed by atoms with Gasteiger partial charge in [-0.25, -0.2) is 4.79 Å². The molecule has 0 N–H and O–H groups in total. The average Bonchev–Trinajstić information content (AvgIpc) is 2.74. The van der Waals surface area contributed by atoms with Crippen LogP contribution in [0, 0.1) is 6.92 Å². The van der Waals surface area contributed by atoms with E-state index in [2.05, 4.69) is 0 Å². The standard InChI is InChI=1S/C24H24N2O5/c1-15-8-10-18(11-9-15)31-16(2)22(27)25(3)17-12-26(13-17)23(28)21-14-30-24(29)20-7-5-4-6-19(20)21/h4-11,14,16-17H,12-13H2,1-3H3. The maximum absolute atomic E-state index is 12.9. The number of amides is 2. The molecule has 1 aromatic heterocycles. The Hall–Kier alpha value is -3.61. The largest absolute Gasteiger partial charge is 0.481 e. The van der Waals surface area contributed by atoms with Gasteiger partial charge in [0.05, 0.1) is 17.0 Å². The van der Waals surface area contributed by atoms with Crippen LogP contribution in [0.15, 0.2) is 64.0 Å². The van der Waals surface area contributed by atoms with Crippen molar-refractivity contribution >= 4 is 22.6 Å². The third kappa shape index (κ3) is 4.03. The highest BCUT2D eigenvalue weighted by Gasteiger charge is 2.37. The molecular weight excluding hydrogens is 396 g/mol. The lowest BCUT2D eigenvalue weighted by Gasteiger charge is -2.44. The van der Waals surface area contributed by atoms with Crippen molar-refractivity contribution in [2.24, 2.45) is 0 Å². The molecule has 1 atom stereocenters. The predicted octanol–water partition coefficient (Wildman–Crippen LogP) is 2.85. The Morgan fingerprint density at radius 3 is 2.42 bits per heavy atom. The van der Waals surface area contributed by atoms with Gasteiger partial charge in [-0.15, -0.1) is 0 Å². The summed E-state index contributed by atoms with van der Waals surface area (Å²) in [5.41, 5.74) is 0.994. The van der Waals surface area contributed by atoms with E-state index in [0.717, 1.165) is 5.56 Å². The van der Waals surface area contributed by atoms with Gasteiger partial charge in [0.15, 0.2) is 6.10 Å². The molecule has 1 aliphatic rings. The zero-order valence-electron chi connectivity index (χ0n) is 17.7. The van der Waals surface area contributed by atoms with E-state index < -0.39 is 11.7 Å². The van der Waals surface area contributed by atoms with Gasteiger partial charge in [0.1, 0.15) is 12.0 Å². The Morgan fingerprint density at radius 2 is 1.74 bits per heavy atom. The molecule has 1 fully saturated rings. The highest BCUT2D eigenvalue weighted by Crippen LogP contribution is 2.23. The van der Waals surface area contributed by atoms with E-state index in [1.54, 1.807) is 48.0 Å². The van der Waals surface area contributed by atoms with Crippen LogP contribution in [0.4, 0.5) is 0 Å². The maximum Gasteiger partial charge on any atom is 0.343 e. The van der Waals surface area contributed by atoms with E-state index in [9.17, 15) is 14.4 Å². The molecule has 31 heavy (non-hydrogen) atoms. The Bertz CT molecular complexity index is 1180. The molecule has 160 valence electrons. The van der Waals surface area contributed by atoms with E-state index >= 15 is 0 Å². The third-order valence-electron chi connectivity index (χ3n) is 5.68. The lowest BCUT2D eigenvalue weighted by molar-refractivity contribution is -0.141. The fraction of sp³-hybridized carbons (Fsp3) is 0.292. The lowest BCUT2D eigenvalue weighted by Crippen LogP contribution is -2.62. The fourth-order valence-corrected chi connectivity index (χ4v) is 3.68. The van der Waals surface area contributed by atoms with Crippen molar-refractivity contribution in [3.05, 3.63) is 76.3 Å². The summed E-state index contributed by atoms with van der Waals surface area (Å²) in [6.45, 7) is 4.53. The number of carbonyl (C=O) groups excluding carboxylic acids is 2. The number of likely N-dealkylation sites (tertiary alicyclic amines) is 1. The van der Waals surface area contributed by atoms with Crippen molar-refractivity contribution in [3.63, 3.8) is 0 Å². The summed E-state index contributed by atoms with van der Waals surface area (Å²) < 4.78 is 10.8. The Balaban J connectivity index is 1.39. The van der Waals surface area contributed by atoms with Crippen molar-refractivity contribution < 1.29 is 18.7 Å². The summed E-state index contributed by atoms with van der Waals surface area (Å²) in [5.74, 6) is 0.276. The van der Waals surface area contributed by atoms with E-state index in [4.69, 9.17) is 9.15 Å². The van der Waals surface area contributed by atoms with Crippen LogP contribution >= 0.6 is 0 Å². The minimum absolute atomic E-state index is 0.0949. The predicted molar refractivity (Wildman–Crippen MR) is 116 cm³/mol. The van der Waals surface area contributed by atoms with Gasteiger partial charge in [-0.3, -0.25) is 9.59 Å². The molecule has 1 unspecified atom stereocenters. The summed E-state index contributed by atoms with van der Waals surface area (Å²) in [4.78, 5) is 40.8. The number of aryl methyl sites for hydroxylation is 1. The van der Waals surface area contributed by atoms with E-state index in [1.807, 2.05) is 31.2 Å². The molecule has 0 bridgehead atoms. The molecule has 1 aliphatic heterocycles. The van der Waals surface area contributed by atoms with E-state index in [-0.39, 0.29) is 17.9 Å². The first-order valence-corrected chi connectivity index (χ1v) is 10.1. The number of rotatable bonds is 5. The van der Waals surface area contributed by atoms with Crippen molar-refractivity contribution in [2.45, 2.75) is 26.0 Å². The van der Waals surface area contributed by atoms with Crippen molar-refractivity contribution in [3.8, 4) is 5.75 Å². The number of ether oxygens (including phenoxy) is 1. The van der Waals surface area contributed by atoms with Gasteiger partial charge in [0.2, 0.25) is 0 Å². The molecule has 7 heteroatoms. The first-order chi connectivity index (χ1) is 14.8. The van der Waals surface area contributed by atoms with Crippen LogP contribution in [0.5, 0.6) is 5.75 Å². The summed E-state index contributed by atoms with van der Waals surface area (Å²) in [6.07, 6.45) is 0.581. The summed E-state index contributed by atoms with van der Waals surface area (Å²) in [6, 6.07) is 14.3. The molecule has 1 saturated heterocycles.